The van der Waals surface area contributed by atoms with Crippen LogP contribution in [-0.2, 0) is 13.2 Å². The maximum atomic E-state index is 9.30. The number of anilines is 1. The van der Waals surface area contributed by atoms with Crippen LogP contribution in [0.2, 0.25) is 0 Å². The molecule has 184 valence electrons. The van der Waals surface area contributed by atoms with Crippen LogP contribution >= 0.6 is 0 Å². The molecule has 0 aliphatic rings. The zero-order chi connectivity index (χ0) is 23.6. The smallest absolute Gasteiger partial charge is 0.161 e. The molecule has 0 aromatic heterocycles. The van der Waals surface area contributed by atoms with Crippen molar-refractivity contribution < 1.29 is 14.6 Å². The van der Waals surface area contributed by atoms with Gasteiger partial charge in [0.05, 0.1) is 20.3 Å². The van der Waals surface area contributed by atoms with Gasteiger partial charge in [-0.25, -0.2) is 0 Å². The molecule has 0 fully saturated rings. The molecule has 0 aliphatic carbocycles. The van der Waals surface area contributed by atoms with Crippen LogP contribution in [0.3, 0.4) is 0 Å². The number of hydrogen-bond acceptors (Lipinski definition) is 4. The first-order valence-corrected chi connectivity index (χ1v) is 13.0. The zero-order valence-electron chi connectivity index (χ0n) is 20.9. The van der Waals surface area contributed by atoms with Gasteiger partial charge in [-0.2, -0.15) is 0 Å². The van der Waals surface area contributed by atoms with Gasteiger partial charge in [-0.3, -0.25) is 0 Å². The summed E-state index contributed by atoms with van der Waals surface area (Å²) in [5, 5.41) is 12.7. The van der Waals surface area contributed by atoms with Crippen LogP contribution in [-0.4, -0.2) is 18.8 Å². The van der Waals surface area contributed by atoms with Crippen LogP contribution in [0.1, 0.15) is 95.1 Å². The molecule has 2 aromatic rings. The Morgan fingerprint density at radius 1 is 0.727 bits per heavy atom. The van der Waals surface area contributed by atoms with Gasteiger partial charge in [0.25, 0.3) is 0 Å². The predicted octanol–water partition coefficient (Wildman–Crippen LogP) is 7.88. The van der Waals surface area contributed by atoms with Crippen LogP contribution in [0, 0.1) is 0 Å². The van der Waals surface area contributed by atoms with Crippen molar-refractivity contribution in [3.63, 3.8) is 0 Å². The molecule has 33 heavy (non-hydrogen) atoms. The number of ether oxygens (including phenoxy) is 2. The average molecular weight is 456 g/mol. The van der Waals surface area contributed by atoms with Crippen molar-refractivity contribution in [2.75, 3.05) is 19.0 Å². The van der Waals surface area contributed by atoms with Crippen molar-refractivity contribution >= 4 is 5.69 Å². The number of rotatable bonds is 19. The largest absolute Gasteiger partial charge is 0.493 e. The second kappa shape index (κ2) is 17.3. The SMILES string of the molecule is CCCCCCCCCCCCCCOc1cc(CNc2cccc(CO)c2)ccc1OC. The van der Waals surface area contributed by atoms with E-state index in [4.69, 9.17) is 9.47 Å². The predicted molar refractivity (Wildman–Crippen MR) is 139 cm³/mol. The fourth-order valence-electron chi connectivity index (χ4n) is 4.05. The minimum atomic E-state index is 0.0508. The molecule has 2 aromatic carbocycles. The molecule has 0 saturated heterocycles. The normalized spacial score (nSPS) is 10.9. The summed E-state index contributed by atoms with van der Waals surface area (Å²) < 4.78 is 11.5. The van der Waals surface area contributed by atoms with E-state index in [1.165, 1.54) is 70.6 Å². The lowest BCUT2D eigenvalue weighted by Gasteiger charge is -2.13. The zero-order valence-corrected chi connectivity index (χ0v) is 20.9. The van der Waals surface area contributed by atoms with Crippen molar-refractivity contribution in [2.24, 2.45) is 0 Å². The van der Waals surface area contributed by atoms with Crippen LogP contribution < -0.4 is 14.8 Å². The quantitative estimate of drug-likeness (QED) is 0.212. The third-order valence-electron chi connectivity index (χ3n) is 6.09. The second-order valence-corrected chi connectivity index (χ2v) is 8.93. The minimum Gasteiger partial charge on any atom is -0.493 e. The number of methoxy groups -OCH3 is 1. The number of unbranched alkanes of at least 4 members (excludes halogenated alkanes) is 11. The second-order valence-electron chi connectivity index (χ2n) is 8.93. The highest BCUT2D eigenvalue weighted by Crippen LogP contribution is 2.29. The Morgan fingerprint density at radius 2 is 1.39 bits per heavy atom. The van der Waals surface area contributed by atoms with Gasteiger partial charge in [0.15, 0.2) is 11.5 Å². The van der Waals surface area contributed by atoms with Crippen LogP contribution in [0.25, 0.3) is 0 Å². The van der Waals surface area contributed by atoms with Gasteiger partial charge < -0.3 is 19.9 Å². The summed E-state index contributed by atoms with van der Waals surface area (Å²) in [7, 11) is 1.68. The van der Waals surface area contributed by atoms with Gasteiger partial charge in [0.2, 0.25) is 0 Å². The van der Waals surface area contributed by atoms with Gasteiger partial charge in [0.1, 0.15) is 0 Å². The first-order valence-electron chi connectivity index (χ1n) is 13.0. The maximum absolute atomic E-state index is 9.30. The maximum Gasteiger partial charge on any atom is 0.161 e. The van der Waals surface area contributed by atoms with Crippen molar-refractivity contribution in [1.82, 2.24) is 0 Å². The van der Waals surface area contributed by atoms with E-state index >= 15 is 0 Å². The lowest BCUT2D eigenvalue weighted by Crippen LogP contribution is -2.03. The molecule has 0 radical (unpaired) electrons. The molecule has 4 heteroatoms. The van der Waals surface area contributed by atoms with Crippen molar-refractivity contribution in [1.29, 1.82) is 0 Å². The number of aliphatic hydroxyl groups is 1. The van der Waals surface area contributed by atoms with E-state index in [9.17, 15) is 5.11 Å². The molecule has 0 amide bonds. The molecule has 4 nitrogen and oxygen atoms in total. The summed E-state index contributed by atoms with van der Waals surface area (Å²) in [5.74, 6) is 1.59. The first kappa shape index (κ1) is 27.0. The molecular weight excluding hydrogens is 410 g/mol. The van der Waals surface area contributed by atoms with E-state index in [1.54, 1.807) is 7.11 Å². The summed E-state index contributed by atoms with van der Waals surface area (Å²) in [6.45, 7) is 3.74. The lowest BCUT2D eigenvalue weighted by atomic mass is 10.1. The van der Waals surface area contributed by atoms with Crippen molar-refractivity contribution in [3.8, 4) is 11.5 Å². The summed E-state index contributed by atoms with van der Waals surface area (Å²) in [6, 6.07) is 13.9. The highest BCUT2D eigenvalue weighted by Gasteiger charge is 2.06. The Hall–Kier alpha value is -2.20. The number of benzene rings is 2. The van der Waals surface area contributed by atoms with Gasteiger partial charge >= 0.3 is 0 Å². The molecular formula is C29H45NO3. The molecule has 0 unspecified atom stereocenters. The molecule has 2 rings (SSSR count). The molecule has 0 heterocycles. The molecule has 0 atom stereocenters. The van der Waals surface area contributed by atoms with Crippen LogP contribution in [0.15, 0.2) is 42.5 Å². The lowest BCUT2D eigenvalue weighted by molar-refractivity contribution is 0.282. The summed E-state index contributed by atoms with van der Waals surface area (Å²) in [4.78, 5) is 0. The van der Waals surface area contributed by atoms with Crippen molar-refractivity contribution in [2.45, 2.75) is 97.1 Å². The molecule has 0 aliphatic heterocycles. The fourth-order valence-corrected chi connectivity index (χ4v) is 4.05. The van der Waals surface area contributed by atoms with E-state index in [2.05, 4.69) is 24.4 Å². The monoisotopic (exact) mass is 455 g/mol. The number of nitrogens with one attached hydrogen (secondary N) is 1. The summed E-state index contributed by atoms with van der Waals surface area (Å²) in [5.41, 5.74) is 3.03. The third-order valence-corrected chi connectivity index (χ3v) is 6.09. The Morgan fingerprint density at radius 3 is 2.03 bits per heavy atom. The van der Waals surface area contributed by atoms with E-state index in [1.807, 2.05) is 30.3 Å². The fraction of sp³-hybridized carbons (Fsp3) is 0.586. The Labute approximate surface area is 201 Å². The standard InChI is InChI=1S/C29H45NO3/c1-3-4-5-6-7-8-9-10-11-12-13-14-20-33-29-22-25(18-19-28(29)32-2)23-30-27-17-15-16-26(21-27)24-31/h15-19,21-22,30-31H,3-14,20,23-24H2,1-2H3. The number of hydrogen-bond donors (Lipinski definition) is 2. The van der Waals surface area contributed by atoms with E-state index in [0.717, 1.165) is 41.3 Å². The molecule has 0 saturated carbocycles. The van der Waals surface area contributed by atoms with E-state index in [0.29, 0.717) is 6.54 Å². The average Bonchev–Trinajstić information content (AvgIpc) is 2.85. The third kappa shape index (κ3) is 11.5. The Kier molecular flexibility index (Phi) is 14.2. The summed E-state index contributed by atoms with van der Waals surface area (Å²) >= 11 is 0. The molecule has 2 N–H and O–H groups in total. The highest BCUT2D eigenvalue weighted by molar-refractivity contribution is 5.48. The first-order chi connectivity index (χ1) is 16.3. The highest BCUT2D eigenvalue weighted by atomic mass is 16.5. The van der Waals surface area contributed by atoms with Crippen LogP contribution in [0.4, 0.5) is 5.69 Å². The Balaban J connectivity index is 1.62. The summed E-state index contributed by atoms with van der Waals surface area (Å²) in [6.07, 6.45) is 16.1. The van der Waals surface area contributed by atoms with Gasteiger partial charge in [-0.05, 0) is 41.8 Å². The van der Waals surface area contributed by atoms with E-state index < -0.39 is 0 Å². The molecule has 0 bridgehead atoms. The minimum absolute atomic E-state index is 0.0508. The van der Waals surface area contributed by atoms with Gasteiger partial charge in [-0.1, -0.05) is 95.8 Å². The molecule has 0 spiro atoms. The van der Waals surface area contributed by atoms with Gasteiger partial charge in [0, 0.05) is 12.2 Å². The van der Waals surface area contributed by atoms with Crippen molar-refractivity contribution in [3.05, 3.63) is 53.6 Å². The van der Waals surface area contributed by atoms with Gasteiger partial charge in [-0.15, -0.1) is 0 Å². The number of aliphatic hydroxyl groups excluding tert-OH is 1. The topological polar surface area (TPSA) is 50.7 Å². The van der Waals surface area contributed by atoms with Crippen LogP contribution in [0.5, 0.6) is 11.5 Å². The Bertz CT molecular complexity index is 762. The van der Waals surface area contributed by atoms with E-state index in [-0.39, 0.29) is 6.61 Å².